The van der Waals surface area contributed by atoms with Gasteiger partial charge in [0.05, 0.1) is 0 Å². The molecule has 1 aromatic rings. The Morgan fingerprint density at radius 2 is 2.35 bits per heavy atom. The predicted octanol–water partition coefficient (Wildman–Crippen LogP) is 2.27. The van der Waals surface area contributed by atoms with Crippen molar-refractivity contribution in [2.45, 2.75) is 19.4 Å². The van der Waals surface area contributed by atoms with Gasteiger partial charge in [-0.25, -0.2) is 0 Å². The van der Waals surface area contributed by atoms with E-state index in [9.17, 15) is 4.79 Å². The molecule has 1 aliphatic heterocycles. The van der Waals surface area contributed by atoms with E-state index >= 15 is 0 Å². The number of nitrogens with zero attached hydrogens (tertiary/aromatic N) is 1. The number of hydrogen-bond donors (Lipinski definition) is 1. The minimum atomic E-state index is -0.0474. The van der Waals surface area contributed by atoms with Crippen molar-refractivity contribution >= 4 is 34.2 Å². The highest BCUT2D eigenvalue weighted by Gasteiger charge is 2.30. The van der Waals surface area contributed by atoms with Crippen LogP contribution in [0.1, 0.15) is 23.9 Å². The molecule has 0 aliphatic carbocycles. The van der Waals surface area contributed by atoms with Gasteiger partial charge in [-0.2, -0.15) is 0 Å². The molecule has 96 valence electrons. The van der Waals surface area contributed by atoms with E-state index in [-0.39, 0.29) is 24.4 Å². The normalized spacial score (nSPS) is 21.1. The maximum atomic E-state index is 12.0. The first-order valence-electron chi connectivity index (χ1n) is 5.38. The Balaban J connectivity index is 0.00000144. The van der Waals surface area contributed by atoms with Crippen LogP contribution in [0.25, 0.3) is 0 Å². The highest BCUT2D eigenvalue weighted by atomic mass is 79.9. The molecule has 17 heavy (non-hydrogen) atoms. The van der Waals surface area contributed by atoms with Crippen molar-refractivity contribution in [2.75, 3.05) is 13.1 Å². The Morgan fingerprint density at radius 3 is 2.82 bits per heavy atom. The van der Waals surface area contributed by atoms with Crippen LogP contribution in [-0.2, 0) is 0 Å². The molecule has 1 aliphatic rings. The molecule has 2 atom stereocenters. The fraction of sp³-hybridized carbons (Fsp3) is 0.545. The third kappa shape index (κ3) is 3.24. The summed E-state index contributed by atoms with van der Waals surface area (Å²) in [5.41, 5.74) is 5.83. The van der Waals surface area contributed by atoms with Gasteiger partial charge in [0.2, 0.25) is 0 Å². The molecule has 0 spiro atoms. The van der Waals surface area contributed by atoms with Crippen LogP contribution in [-0.4, -0.2) is 29.9 Å². The zero-order valence-corrected chi connectivity index (χ0v) is 12.0. The van der Waals surface area contributed by atoms with Gasteiger partial charge in [-0.3, -0.25) is 4.79 Å². The zero-order valence-electron chi connectivity index (χ0n) is 9.56. The van der Waals surface area contributed by atoms with Crippen molar-refractivity contribution in [3.05, 3.63) is 22.6 Å². The average molecular weight is 324 g/mol. The molecule has 2 heterocycles. The van der Waals surface area contributed by atoms with Crippen LogP contribution in [0.15, 0.2) is 21.2 Å². The first-order valence-corrected chi connectivity index (χ1v) is 6.17. The minimum absolute atomic E-state index is 0. The van der Waals surface area contributed by atoms with Crippen molar-refractivity contribution in [1.29, 1.82) is 0 Å². The van der Waals surface area contributed by atoms with Gasteiger partial charge in [0, 0.05) is 19.1 Å². The Hall–Kier alpha value is -0.520. The van der Waals surface area contributed by atoms with Gasteiger partial charge >= 0.3 is 0 Å². The molecular weight excluding hydrogens is 307 g/mol. The molecular formula is C11H16BrClN2O2. The first-order chi connectivity index (χ1) is 7.58. The van der Waals surface area contributed by atoms with Crippen LogP contribution in [0.5, 0.6) is 0 Å². The van der Waals surface area contributed by atoms with E-state index in [0.29, 0.717) is 16.3 Å². The Bertz CT molecular complexity index is 395. The van der Waals surface area contributed by atoms with Gasteiger partial charge in [0.15, 0.2) is 10.4 Å². The number of hydrogen-bond acceptors (Lipinski definition) is 3. The van der Waals surface area contributed by atoms with Crippen LogP contribution in [0.4, 0.5) is 0 Å². The van der Waals surface area contributed by atoms with Crippen LogP contribution in [0.2, 0.25) is 0 Å². The molecule has 2 N–H and O–H groups in total. The van der Waals surface area contributed by atoms with Crippen LogP contribution in [0, 0.1) is 5.92 Å². The summed E-state index contributed by atoms with van der Waals surface area (Å²) in [6.07, 6.45) is 0.977. The lowest BCUT2D eigenvalue weighted by Crippen LogP contribution is -2.32. The maximum absolute atomic E-state index is 12.0. The number of carbonyl (C=O) groups excluding carboxylic acids is 1. The predicted molar refractivity (Wildman–Crippen MR) is 71.3 cm³/mol. The summed E-state index contributed by atoms with van der Waals surface area (Å²) in [4.78, 5) is 13.8. The van der Waals surface area contributed by atoms with Crippen molar-refractivity contribution < 1.29 is 9.21 Å². The highest BCUT2D eigenvalue weighted by Crippen LogP contribution is 2.22. The minimum Gasteiger partial charge on any atom is -0.444 e. The van der Waals surface area contributed by atoms with Crippen molar-refractivity contribution in [2.24, 2.45) is 11.7 Å². The summed E-state index contributed by atoms with van der Waals surface area (Å²) >= 11 is 3.19. The summed E-state index contributed by atoms with van der Waals surface area (Å²) in [5.74, 6) is 0.744. The molecule has 2 rings (SSSR count). The van der Waals surface area contributed by atoms with Gasteiger partial charge in [0.1, 0.15) is 0 Å². The third-order valence-corrected chi connectivity index (χ3v) is 3.47. The standard InChI is InChI=1S/C11H15BrN2O2.ClH/c1-7(13)8-4-5-14(6-8)11(15)9-2-3-10(12)16-9;/h2-3,7-8H,4-6,13H2,1H3;1H. The van der Waals surface area contributed by atoms with E-state index in [1.165, 1.54) is 0 Å². The fourth-order valence-corrected chi connectivity index (χ4v) is 2.29. The lowest BCUT2D eigenvalue weighted by molar-refractivity contribution is 0.0753. The number of carbonyl (C=O) groups is 1. The van der Waals surface area contributed by atoms with Gasteiger partial charge in [-0.15, -0.1) is 12.4 Å². The van der Waals surface area contributed by atoms with Gasteiger partial charge < -0.3 is 15.1 Å². The molecule has 0 saturated carbocycles. The second-order valence-corrected chi connectivity index (χ2v) is 5.04. The maximum Gasteiger partial charge on any atom is 0.289 e. The Kier molecular flexibility index (Phi) is 5.04. The first kappa shape index (κ1) is 14.5. The second-order valence-electron chi connectivity index (χ2n) is 4.26. The van der Waals surface area contributed by atoms with E-state index in [2.05, 4.69) is 15.9 Å². The van der Waals surface area contributed by atoms with Crippen LogP contribution in [0.3, 0.4) is 0 Å². The second kappa shape index (κ2) is 5.89. The number of rotatable bonds is 2. The quantitative estimate of drug-likeness (QED) is 0.908. The molecule has 1 aromatic heterocycles. The fourth-order valence-electron chi connectivity index (χ4n) is 1.99. The number of nitrogens with two attached hydrogens (primary N) is 1. The van der Waals surface area contributed by atoms with E-state index in [0.717, 1.165) is 19.5 Å². The van der Waals surface area contributed by atoms with E-state index in [1.807, 2.05) is 6.92 Å². The van der Waals surface area contributed by atoms with Crippen molar-refractivity contribution in [1.82, 2.24) is 4.90 Å². The van der Waals surface area contributed by atoms with Crippen molar-refractivity contribution in [3.63, 3.8) is 0 Å². The summed E-state index contributed by atoms with van der Waals surface area (Å²) in [6.45, 7) is 3.49. The van der Waals surface area contributed by atoms with Crippen LogP contribution >= 0.6 is 28.3 Å². The van der Waals surface area contributed by atoms with Crippen molar-refractivity contribution in [3.8, 4) is 0 Å². The number of furan rings is 1. The number of halogens is 2. The smallest absolute Gasteiger partial charge is 0.289 e. The molecule has 6 heteroatoms. The largest absolute Gasteiger partial charge is 0.444 e. The molecule has 1 fully saturated rings. The lowest BCUT2D eigenvalue weighted by atomic mass is 10.0. The van der Waals surface area contributed by atoms with E-state index in [1.54, 1.807) is 17.0 Å². The molecule has 4 nitrogen and oxygen atoms in total. The molecule has 0 radical (unpaired) electrons. The zero-order chi connectivity index (χ0) is 11.7. The van der Waals surface area contributed by atoms with Gasteiger partial charge in [-0.05, 0) is 47.3 Å². The van der Waals surface area contributed by atoms with E-state index in [4.69, 9.17) is 10.2 Å². The lowest BCUT2D eigenvalue weighted by Gasteiger charge is -2.16. The molecule has 1 amide bonds. The third-order valence-electron chi connectivity index (χ3n) is 3.04. The van der Waals surface area contributed by atoms with E-state index < -0.39 is 0 Å². The summed E-state index contributed by atoms with van der Waals surface area (Å²) in [6, 6.07) is 3.55. The number of amides is 1. The molecule has 2 unspecified atom stereocenters. The summed E-state index contributed by atoms with van der Waals surface area (Å²) in [5, 5.41) is 0. The summed E-state index contributed by atoms with van der Waals surface area (Å²) in [7, 11) is 0. The topological polar surface area (TPSA) is 59.5 Å². The summed E-state index contributed by atoms with van der Waals surface area (Å²) < 4.78 is 5.83. The number of likely N-dealkylation sites (tertiary alicyclic amines) is 1. The van der Waals surface area contributed by atoms with Crippen LogP contribution < -0.4 is 5.73 Å². The average Bonchev–Trinajstić information content (AvgIpc) is 2.84. The Labute approximate surface area is 115 Å². The Morgan fingerprint density at radius 1 is 1.65 bits per heavy atom. The van der Waals surface area contributed by atoms with Gasteiger partial charge in [0.25, 0.3) is 5.91 Å². The molecule has 1 saturated heterocycles. The highest BCUT2D eigenvalue weighted by molar-refractivity contribution is 9.10. The molecule has 0 bridgehead atoms. The molecule has 0 aromatic carbocycles. The SMILES string of the molecule is CC(N)C1CCN(C(=O)c2ccc(Br)o2)C1.Cl. The monoisotopic (exact) mass is 322 g/mol. The van der Waals surface area contributed by atoms with Gasteiger partial charge in [-0.1, -0.05) is 0 Å².